The van der Waals surface area contributed by atoms with Crippen LogP contribution in [0.5, 0.6) is 0 Å². The smallest absolute Gasteiger partial charge is 0.767 e. The predicted molar refractivity (Wildman–Crippen MR) is 42.2 cm³/mol. The van der Waals surface area contributed by atoms with Gasteiger partial charge in [0, 0.05) is 0 Å². The first-order valence-corrected chi connectivity index (χ1v) is 3.64. The van der Waals surface area contributed by atoms with Crippen molar-refractivity contribution >= 4 is 29.7 Å². The van der Waals surface area contributed by atoms with Gasteiger partial charge >= 0.3 is 59.1 Å². The van der Waals surface area contributed by atoms with Crippen LogP contribution < -0.4 is 64.4 Å². The van der Waals surface area contributed by atoms with Crippen LogP contribution in [0.4, 0.5) is 4.79 Å². The van der Waals surface area contributed by atoms with Crippen LogP contribution in [0.15, 0.2) is 0 Å². The van der Waals surface area contributed by atoms with E-state index < -0.39 is 4.45 Å². The fourth-order valence-corrected chi connectivity index (χ4v) is 0.625. The molecule has 0 aromatic carbocycles. The Kier molecular flexibility index (Phi) is 24.9. The predicted octanol–water partition coefficient (Wildman–Crippen LogP) is -5.42. The summed E-state index contributed by atoms with van der Waals surface area (Å²) in [5, 5.41) is 3.22. The van der Waals surface area contributed by atoms with Crippen LogP contribution in [0, 0.1) is 0 Å². The SMILES string of the molecule is C1CCNC1.O=C([S-])[S-].[Na+].[Na+]. The van der Waals surface area contributed by atoms with Gasteiger partial charge in [-0.15, -0.1) is 4.45 Å². The van der Waals surface area contributed by atoms with Crippen molar-refractivity contribution in [1.29, 1.82) is 0 Å². The summed E-state index contributed by atoms with van der Waals surface area (Å²) in [5.74, 6) is 0. The fourth-order valence-electron chi connectivity index (χ4n) is 0.625. The van der Waals surface area contributed by atoms with Crippen molar-refractivity contribution in [3.05, 3.63) is 0 Å². The standard InChI is InChI=1S/C4H9N.CH2OS2.2Na/c1-2-4-5-3-1;2-1(3)4;;/h5H,1-4H2;(H2,2,3,4);;/q;;2*+1/p-2. The Morgan fingerprint density at radius 1 is 1.09 bits per heavy atom. The maximum atomic E-state index is 9.07. The molecule has 1 saturated heterocycles. The van der Waals surface area contributed by atoms with Crippen LogP contribution in [-0.4, -0.2) is 17.5 Å². The van der Waals surface area contributed by atoms with Crippen molar-refractivity contribution in [3.8, 4) is 0 Å². The minimum absolute atomic E-state index is 0. The molecule has 1 aliphatic rings. The molecule has 0 bridgehead atoms. The van der Waals surface area contributed by atoms with E-state index in [0.29, 0.717) is 0 Å². The third-order valence-corrected chi connectivity index (χ3v) is 0.957. The Morgan fingerprint density at radius 2 is 1.36 bits per heavy atom. The number of nitrogens with one attached hydrogen (secondary N) is 1. The molecule has 54 valence electrons. The van der Waals surface area contributed by atoms with E-state index in [-0.39, 0.29) is 59.1 Å². The van der Waals surface area contributed by atoms with Gasteiger partial charge in [-0.1, -0.05) is 0 Å². The topological polar surface area (TPSA) is 29.1 Å². The molecule has 1 fully saturated rings. The van der Waals surface area contributed by atoms with Crippen molar-refractivity contribution in [2.75, 3.05) is 13.1 Å². The minimum Gasteiger partial charge on any atom is -0.767 e. The molecule has 0 unspecified atom stereocenters. The first kappa shape index (κ1) is 18.8. The molecule has 0 spiro atoms. The summed E-state index contributed by atoms with van der Waals surface area (Å²) in [6.07, 6.45) is 2.78. The second kappa shape index (κ2) is 14.6. The van der Waals surface area contributed by atoms with Crippen LogP contribution in [0.1, 0.15) is 12.8 Å². The molecule has 11 heavy (non-hydrogen) atoms. The zero-order valence-corrected chi connectivity index (χ0v) is 12.7. The van der Waals surface area contributed by atoms with Gasteiger partial charge in [0.15, 0.2) is 0 Å². The Balaban J connectivity index is -0.000000101. The number of hydrogen-bond donors (Lipinski definition) is 1. The maximum Gasteiger partial charge on any atom is 1.00 e. The van der Waals surface area contributed by atoms with E-state index >= 15 is 0 Å². The second-order valence-electron chi connectivity index (χ2n) is 1.71. The molecule has 0 atom stereocenters. The van der Waals surface area contributed by atoms with Gasteiger partial charge in [-0.05, 0) is 25.9 Å². The average molecular weight is 209 g/mol. The summed E-state index contributed by atoms with van der Waals surface area (Å²) in [6.45, 7) is 2.50. The van der Waals surface area contributed by atoms with E-state index in [1.54, 1.807) is 0 Å². The Labute approximate surface area is 123 Å². The minimum atomic E-state index is -0.667. The van der Waals surface area contributed by atoms with E-state index in [1.165, 1.54) is 25.9 Å². The van der Waals surface area contributed by atoms with Crippen LogP contribution in [-0.2, 0) is 25.3 Å². The van der Waals surface area contributed by atoms with Crippen molar-refractivity contribution in [2.45, 2.75) is 12.8 Å². The van der Waals surface area contributed by atoms with Crippen LogP contribution in [0.2, 0.25) is 0 Å². The zero-order valence-electron chi connectivity index (χ0n) is 7.05. The maximum absolute atomic E-state index is 9.07. The van der Waals surface area contributed by atoms with Gasteiger partial charge in [0.05, 0.1) is 0 Å². The number of carbonyl (C=O) groups excluding carboxylic acids is 1. The van der Waals surface area contributed by atoms with E-state index in [9.17, 15) is 0 Å². The molecular formula is C5H9NNa2OS2. The molecule has 1 aliphatic heterocycles. The van der Waals surface area contributed by atoms with E-state index in [2.05, 4.69) is 30.6 Å². The molecule has 0 radical (unpaired) electrons. The molecule has 2 nitrogen and oxygen atoms in total. The molecule has 0 aromatic heterocycles. The number of rotatable bonds is 0. The molecule has 0 saturated carbocycles. The molecule has 1 rings (SSSR count). The van der Waals surface area contributed by atoms with Crippen molar-refractivity contribution in [1.82, 2.24) is 5.32 Å². The molecule has 6 heteroatoms. The zero-order chi connectivity index (χ0) is 7.11. The van der Waals surface area contributed by atoms with E-state index in [1.807, 2.05) is 0 Å². The van der Waals surface area contributed by atoms with Gasteiger partial charge in [-0.25, -0.2) is 0 Å². The molecule has 1 heterocycles. The second-order valence-corrected chi connectivity index (χ2v) is 2.71. The summed E-state index contributed by atoms with van der Waals surface area (Å²) in [6, 6.07) is 0. The van der Waals surface area contributed by atoms with E-state index in [4.69, 9.17) is 4.79 Å². The summed E-state index contributed by atoms with van der Waals surface area (Å²) in [5.41, 5.74) is 0. The van der Waals surface area contributed by atoms with Crippen molar-refractivity contribution in [2.24, 2.45) is 0 Å². The van der Waals surface area contributed by atoms with Gasteiger partial charge in [0.2, 0.25) is 0 Å². The summed E-state index contributed by atoms with van der Waals surface area (Å²) >= 11 is 7.59. The third kappa shape index (κ3) is 24.5. The first-order valence-electron chi connectivity index (χ1n) is 2.82. The van der Waals surface area contributed by atoms with Crippen LogP contribution in [0.25, 0.3) is 0 Å². The normalized spacial score (nSPS) is 13.1. The van der Waals surface area contributed by atoms with Crippen molar-refractivity contribution < 1.29 is 63.9 Å². The van der Waals surface area contributed by atoms with E-state index in [0.717, 1.165) is 0 Å². The van der Waals surface area contributed by atoms with Crippen molar-refractivity contribution in [3.63, 3.8) is 0 Å². The monoisotopic (exact) mass is 209 g/mol. The fraction of sp³-hybridized carbons (Fsp3) is 0.800. The average Bonchev–Trinajstić information content (AvgIpc) is 2.11. The third-order valence-electron chi connectivity index (χ3n) is 0.957. The molecule has 0 aliphatic carbocycles. The summed E-state index contributed by atoms with van der Waals surface area (Å²) < 4.78 is -0.667. The Morgan fingerprint density at radius 3 is 1.45 bits per heavy atom. The number of hydrogen-bond acceptors (Lipinski definition) is 4. The summed E-state index contributed by atoms with van der Waals surface area (Å²) in [7, 11) is 0. The number of carbonyl (C=O) groups is 1. The van der Waals surface area contributed by atoms with Crippen LogP contribution in [0.3, 0.4) is 0 Å². The van der Waals surface area contributed by atoms with Gasteiger partial charge in [0.1, 0.15) is 0 Å². The van der Waals surface area contributed by atoms with Gasteiger partial charge in [-0.2, -0.15) is 0 Å². The Bertz CT molecular complexity index is 78.9. The first-order chi connectivity index (χ1) is 4.23. The summed E-state index contributed by atoms with van der Waals surface area (Å²) in [4.78, 5) is 9.07. The Hall–Kier alpha value is 2.07. The molecule has 1 N–H and O–H groups in total. The van der Waals surface area contributed by atoms with Crippen LogP contribution >= 0.6 is 0 Å². The van der Waals surface area contributed by atoms with Gasteiger partial charge in [0.25, 0.3) is 0 Å². The molecule has 0 aromatic rings. The molecule has 0 amide bonds. The quantitative estimate of drug-likeness (QED) is 0.318. The van der Waals surface area contributed by atoms with Gasteiger partial charge in [-0.3, -0.25) is 0 Å². The van der Waals surface area contributed by atoms with Gasteiger partial charge < -0.3 is 35.4 Å². The molecular weight excluding hydrogens is 200 g/mol. The largest absolute Gasteiger partial charge is 1.00 e.